The first-order chi connectivity index (χ1) is 7.38. The molecule has 2 N–H and O–H groups in total. The van der Waals surface area contributed by atoms with Crippen molar-refractivity contribution in [2.75, 3.05) is 6.79 Å². The summed E-state index contributed by atoms with van der Waals surface area (Å²) in [4.78, 5) is 0. The van der Waals surface area contributed by atoms with Gasteiger partial charge in [-0.2, -0.15) is 0 Å². The molecule has 0 fully saturated rings. The first-order valence-corrected chi connectivity index (χ1v) is 5.73. The van der Waals surface area contributed by atoms with Crippen LogP contribution in [0.4, 0.5) is 4.39 Å². The van der Waals surface area contributed by atoms with E-state index in [-0.39, 0.29) is 12.6 Å². The fourth-order valence-electron chi connectivity index (χ4n) is 1.67. The van der Waals surface area contributed by atoms with Crippen molar-refractivity contribution in [1.29, 1.82) is 0 Å². The van der Waals surface area contributed by atoms with Gasteiger partial charge in [-0.3, -0.25) is 0 Å². The summed E-state index contributed by atoms with van der Waals surface area (Å²) in [7, 11) is 0. The number of fused-ring (bicyclic) bond motifs is 1. The van der Waals surface area contributed by atoms with Crippen LogP contribution in [-0.4, -0.2) is 12.3 Å². The predicted molar refractivity (Wildman–Crippen MR) is 62.2 cm³/mol. The number of hydrogen-bond acceptors (Lipinski definition) is 3. The van der Waals surface area contributed by atoms with Gasteiger partial charge in [0.25, 0.3) is 0 Å². The molecule has 3 nitrogen and oxygen atoms in total. The molecule has 1 aromatic rings. The molecule has 0 saturated heterocycles. The van der Waals surface area contributed by atoms with Crippen molar-refractivity contribution >= 4 is 15.9 Å². The lowest BCUT2D eigenvalue weighted by Gasteiger charge is -2.20. The van der Waals surface area contributed by atoms with Gasteiger partial charge >= 0.3 is 0 Å². The van der Waals surface area contributed by atoms with Crippen molar-refractivity contribution in [2.45, 2.75) is 25.8 Å². The Morgan fingerprint density at radius 3 is 2.81 bits per heavy atom. The highest BCUT2D eigenvalue weighted by Gasteiger charge is 2.27. The van der Waals surface area contributed by atoms with E-state index in [4.69, 9.17) is 15.2 Å². The van der Waals surface area contributed by atoms with Gasteiger partial charge in [-0.25, -0.2) is 4.39 Å². The van der Waals surface area contributed by atoms with Gasteiger partial charge in [0.1, 0.15) is 5.82 Å². The highest BCUT2D eigenvalue weighted by Crippen LogP contribution is 2.41. The lowest BCUT2D eigenvalue weighted by atomic mass is 9.95. The second-order valence-corrected chi connectivity index (χ2v) is 5.40. The van der Waals surface area contributed by atoms with Crippen molar-refractivity contribution < 1.29 is 13.9 Å². The molecule has 0 radical (unpaired) electrons. The smallest absolute Gasteiger partial charge is 0.231 e. The molecule has 0 bridgehead atoms. The monoisotopic (exact) mass is 289 g/mol. The lowest BCUT2D eigenvalue weighted by molar-refractivity contribution is 0.172. The molecule has 1 aromatic carbocycles. The minimum Gasteiger partial charge on any atom is -0.454 e. The number of ether oxygens (including phenoxy) is 2. The fourth-order valence-corrected chi connectivity index (χ4v) is 2.11. The van der Waals surface area contributed by atoms with E-state index < -0.39 is 5.54 Å². The first kappa shape index (κ1) is 11.7. The van der Waals surface area contributed by atoms with Crippen LogP contribution in [0.1, 0.15) is 19.4 Å². The molecule has 0 atom stereocenters. The number of nitrogens with two attached hydrogens (primary N) is 1. The van der Waals surface area contributed by atoms with Crippen LogP contribution >= 0.6 is 15.9 Å². The molecule has 0 spiro atoms. The highest BCUT2D eigenvalue weighted by atomic mass is 79.9. The molecule has 0 aliphatic carbocycles. The van der Waals surface area contributed by atoms with Crippen molar-refractivity contribution in [3.63, 3.8) is 0 Å². The van der Waals surface area contributed by atoms with Gasteiger partial charge in [0, 0.05) is 17.2 Å². The highest BCUT2D eigenvalue weighted by molar-refractivity contribution is 9.10. The van der Waals surface area contributed by atoms with Crippen molar-refractivity contribution in [2.24, 2.45) is 5.73 Å². The predicted octanol–water partition coefficient (Wildman–Crippen LogP) is 2.60. The maximum absolute atomic E-state index is 13.9. The fraction of sp³-hybridized carbons (Fsp3) is 0.455. The third-order valence-electron chi connectivity index (χ3n) is 2.28. The van der Waals surface area contributed by atoms with E-state index >= 15 is 0 Å². The quantitative estimate of drug-likeness (QED) is 0.910. The molecule has 0 unspecified atom stereocenters. The Kier molecular flexibility index (Phi) is 2.84. The molecule has 88 valence electrons. The lowest BCUT2D eigenvalue weighted by Crippen LogP contribution is -2.34. The van der Waals surface area contributed by atoms with Gasteiger partial charge in [-0.1, -0.05) is 0 Å². The summed E-state index contributed by atoms with van der Waals surface area (Å²) in [6, 6.07) is 1.57. The summed E-state index contributed by atoms with van der Waals surface area (Å²) in [5, 5.41) is 0. The Morgan fingerprint density at radius 1 is 1.50 bits per heavy atom. The van der Waals surface area contributed by atoms with Crippen LogP contribution in [-0.2, 0) is 6.42 Å². The van der Waals surface area contributed by atoms with Crippen molar-refractivity contribution in [1.82, 2.24) is 0 Å². The molecule has 0 saturated carbocycles. The number of benzene rings is 1. The van der Waals surface area contributed by atoms with Crippen LogP contribution in [0.5, 0.6) is 11.5 Å². The van der Waals surface area contributed by atoms with E-state index in [1.54, 1.807) is 6.07 Å². The summed E-state index contributed by atoms with van der Waals surface area (Å²) in [5.74, 6) is 0.703. The molecular formula is C11H13BrFNO2. The molecule has 5 heteroatoms. The molecular weight excluding hydrogens is 277 g/mol. The minimum absolute atomic E-state index is 0.128. The third kappa shape index (κ3) is 2.15. The average molecular weight is 290 g/mol. The van der Waals surface area contributed by atoms with Crippen LogP contribution in [0.25, 0.3) is 0 Å². The third-order valence-corrected chi connectivity index (χ3v) is 2.86. The average Bonchev–Trinajstić information content (AvgIpc) is 2.58. The van der Waals surface area contributed by atoms with E-state index in [1.807, 2.05) is 13.8 Å². The Bertz CT molecular complexity index is 429. The van der Waals surface area contributed by atoms with Crippen LogP contribution in [0.15, 0.2) is 10.5 Å². The molecule has 0 aromatic heterocycles. The van der Waals surface area contributed by atoms with E-state index in [1.165, 1.54) is 0 Å². The van der Waals surface area contributed by atoms with Crippen LogP contribution in [0.2, 0.25) is 0 Å². The number of rotatable bonds is 2. The SMILES string of the molecule is CC(C)(N)Cc1c(F)c(Br)cc2c1OCO2. The summed E-state index contributed by atoms with van der Waals surface area (Å²) in [5.41, 5.74) is 5.87. The molecule has 2 rings (SSSR count). The minimum atomic E-state index is -0.499. The van der Waals surface area contributed by atoms with E-state index in [0.29, 0.717) is 28.0 Å². The molecule has 1 aliphatic rings. The summed E-state index contributed by atoms with van der Waals surface area (Å²) >= 11 is 3.16. The molecule has 1 heterocycles. The Labute approximate surface area is 102 Å². The molecule has 1 aliphatic heterocycles. The number of halogens is 2. The van der Waals surface area contributed by atoms with Crippen LogP contribution < -0.4 is 15.2 Å². The maximum atomic E-state index is 13.9. The van der Waals surface area contributed by atoms with Gasteiger partial charge < -0.3 is 15.2 Å². The largest absolute Gasteiger partial charge is 0.454 e. The van der Waals surface area contributed by atoms with E-state index in [9.17, 15) is 4.39 Å². The van der Waals surface area contributed by atoms with Crippen molar-refractivity contribution in [3.8, 4) is 11.5 Å². The summed E-state index contributed by atoms with van der Waals surface area (Å²) in [6.45, 7) is 3.81. The summed E-state index contributed by atoms with van der Waals surface area (Å²) in [6.07, 6.45) is 0.393. The zero-order valence-electron chi connectivity index (χ0n) is 9.14. The second kappa shape index (κ2) is 3.89. The van der Waals surface area contributed by atoms with Crippen LogP contribution in [0, 0.1) is 5.82 Å². The molecule has 0 amide bonds. The van der Waals surface area contributed by atoms with Gasteiger partial charge in [0.15, 0.2) is 11.5 Å². The van der Waals surface area contributed by atoms with Gasteiger partial charge in [-0.05, 0) is 36.2 Å². The second-order valence-electron chi connectivity index (χ2n) is 4.55. The standard InChI is InChI=1S/C11H13BrFNO2/c1-11(2,14)4-6-9(13)7(12)3-8-10(6)16-5-15-8/h3H,4-5,14H2,1-2H3. The van der Waals surface area contributed by atoms with Crippen LogP contribution in [0.3, 0.4) is 0 Å². The zero-order valence-corrected chi connectivity index (χ0v) is 10.7. The van der Waals surface area contributed by atoms with Gasteiger partial charge in [0.05, 0.1) is 4.47 Å². The Balaban J connectivity index is 2.50. The van der Waals surface area contributed by atoms with Gasteiger partial charge in [0.2, 0.25) is 6.79 Å². The molecule has 16 heavy (non-hydrogen) atoms. The van der Waals surface area contributed by atoms with E-state index in [0.717, 1.165) is 0 Å². The normalized spacial score (nSPS) is 14.3. The van der Waals surface area contributed by atoms with Gasteiger partial charge in [-0.15, -0.1) is 0 Å². The zero-order chi connectivity index (χ0) is 11.9. The maximum Gasteiger partial charge on any atom is 0.231 e. The first-order valence-electron chi connectivity index (χ1n) is 4.94. The Hall–Kier alpha value is -0.810. The van der Waals surface area contributed by atoms with Crippen molar-refractivity contribution in [3.05, 3.63) is 21.9 Å². The summed E-state index contributed by atoms with van der Waals surface area (Å²) < 4.78 is 24.8. The topological polar surface area (TPSA) is 44.5 Å². The number of hydrogen-bond donors (Lipinski definition) is 1. The Morgan fingerprint density at radius 2 is 2.19 bits per heavy atom. The van der Waals surface area contributed by atoms with E-state index in [2.05, 4.69) is 15.9 Å².